The van der Waals surface area contributed by atoms with Crippen LogP contribution in [0.3, 0.4) is 0 Å². The van der Waals surface area contributed by atoms with Crippen LogP contribution in [0.4, 0.5) is 0 Å². The highest BCUT2D eigenvalue weighted by molar-refractivity contribution is 5.94. The Kier molecular flexibility index (Phi) is 5.19. The van der Waals surface area contributed by atoms with Gasteiger partial charge in [0.05, 0.1) is 19.4 Å². The van der Waals surface area contributed by atoms with Crippen molar-refractivity contribution in [3.63, 3.8) is 0 Å². The van der Waals surface area contributed by atoms with E-state index in [1.165, 1.54) is 0 Å². The van der Waals surface area contributed by atoms with Gasteiger partial charge in [-0.1, -0.05) is 17.9 Å². The predicted molar refractivity (Wildman–Crippen MR) is 81.5 cm³/mol. The molecule has 2 rings (SSSR count). The van der Waals surface area contributed by atoms with Gasteiger partial charge in [-0.25, -0.2) is 0 Å². The van der Waals surface area contributed by atoms with E-state index in [4.69, 9.17) is 10.2 Å². The number of hydrogen-bond donors (Lipinski definition) is 1. The largest absolute Gasteiger partial charge is 0.467 e. The van der Waals surface area contributed by atoms with Gasteiger partial charge in [-0.15, -0.1) is 0 Å². The minimum Gasteiger partial charge on any atom is -0.467 e. The lowest BCUT2D eigenvalue weighted by Gasteiger charge is -2.19. The maximum atomic E-state index is 12.5. The highest BCUT2D eigenvalue weighted by Crippen LogP contribution is 2.12. The van der Waals surface area contributed by atoms with Crippen LogP contribution in [0, 0.1) is 11.8 Å². The van der Waals surface area contributed by atoms with Gasteiger partial charge in [0.15, 0.2) is 0 Å². The van der Waals surface area contributed by atoms with Gasteiger partial charge >= 0.3 is 0 Å². The Bertz CT molecular complexity index is 651. The number of furan rings is 1. The lowest BCUT2D eigenvalue weighted by Crippen LogP contribution is -2.30. The van der Waals surface area contributed by atoms with Gasteiger partial charge in [-0.05, 0) is 37.3 Å². The van der Waals surface area contributed by atoms with Crippen LogP contribution in [0.1, 0.15) is 28.6 Å². The van der Waals surface area contributed by atoms with Crippen molar-refractivity contribution >= 4 is 5.91 Å². The molecular weight excluding hydrogens is 264 g/mol. The van der Waals surface area contributed by atoms with E-state index in [-0.39, 0.29) is 5.91 Å². The second-order valence-corrected chi connectivity index (χ2v) is 4.49. The summed E-state index contributed by atoms with van der Waals surface area (Å²) >= 11 is 0. The van der Waals surface area contributed by atoms with E-state index in [9.17, 15) is 4.79 Å². The third-order valence-corrected chi connectivity index (χ3v) is 3.04. The van der Waals surface area contributed by atoms with Crippen LogP contribution in [-0.2, 0) is 6.54 Å². The predicted octanol–water partition coefficient (Wildman–Crippen LogP) is 2.25. The van der Waals surface area contributed by atoms with Crippen LogP contribution in [0.25, 0.3) is 0 Å². The number of benzene rings is 1. The van der Waals surface area contributed by atoms with Crippen LogP contribution >= 0.6 is 0 Å². The highest BCUT2D eigenvalue weighted by atomic mass is 16.3. The zero-order valence-corrected chi connectivity index (χ0v) is 12.0. The van der Waals surface area contributed by atoms with E-state index in [0.29, 0.717) is 25.2 Å². The number of hydrogen-bond acceptors (Lipinski definition) is 3. The Morgan fingerprint density at radius 3 is 2.86 bits per heavy atom. The third-order valence-electron chi connectivity index (χ3n) is 3.04. The Morgan fingerprint density at radius 1 is 1.33 bits per heavy atom. The summed E-state index contributed by atoms with van der Waals surface area (Å²) in [5.74, 6) is 6.46. The van der Waals surface area contributed by atoms with E-state index in [1.54, 1.807) is 23.3 Å². The fourth-order valence-electron chi connectivity index (χ4n) is 1.98. The molecule has 0 radical (unpaired) electrons. The molecule has 0 spiro atoms. The lowest BCUT2D eigenvalue weighted by atomic mass is 10.1. The Labute approximate surface area is 124 Å². The number of rotatable bonds is 4. The summed E-state index contributed by atoms with van der Waals surface area (Å²) in [6, 6.07) is 10.9. The molecule has 21 heavy (non-hydrogen) atoms. The monoisotopic (exact) mass is 282 g/mol. The average molecular weight is 282 g/mol. The zero-order chi connectivity index (χ0) is 15.1. The topological polar surface area (TPSA) is 59.5 Å². The van der Waals surface area contributed by atoms with E-state index in [2.05, 4.69) is 11.8 Å². The number of amides is 1. The first-order valence-corrected chi connectivity index (χ1v) is 6.85. The van der Waals surface area contributed by atoms with Crippen molar-refractivity contribution in [2.45, 2.75) is 13.5 Å². The van der Waals surface area contributed by atoms with Crippen molar-refractivity contribution in [2.24, 2.45) is 5.73 Å². The number of carbonyl (C=O) groups excluding carboxylic acids is 1. The van der Waals surface area contributed by atoms with Crippen molar-refractivity contribution in [3.05, 3.63) is 59.5 Å². The van der Waals surface area contributed by atoms with E-state index in [0.717, 1.165) is 11.3 Å². The van der Waals surface area contributed by atoms with Gasteiger partial charge in [-0.3, -0.25) is 4.79 Å². The van der Waals surface area contributed by atoms with Crippen LogP contribution in [0.2, 0.25) is 0 Å². The number of nitrogens with two attached hydrogens (primary N) is 1. The fraction of sp³-hybridized carbons (Fsp3) is 0.235. The average Bonchev–Trinajstić information content (AvgIpc) is 3.03. The molecule has 0 aliphatic heterocycles. The molecule has 4 nitrogen and oxygen atoms in total. The summed E-state index contributed by atoms with van der Waals surface area (Å²) in [5, 5.41) is 0. The minimum absolute atomic E-state index is 0.0368. The van der Waals surface area contributed by atoms with E-state index in [1.807, 2.05) is 31.2 Å². The molecule has 0 unspecified atom stereocenters. The maximum absolute atomic E-state index is 12.5. The molecule has 108 valence electrons. The second-order valence-electron chi connectivity index (χ2n) is 4.49. The Balaban J connectivity index is 2.17. The van der Waals surface area contributed by atoms with Gasteiger partial charge in [0.2, 0.25) is 0 Å². The molecule has 2 aromatic rings. The molecule has 0 saturated carbocycles. The normalized spacial score (nSPS) is 9.81. The SMILES string of the molecule is CCN(Cc1ccco1)C(=O)c1cccc(C#CCN)c1. The molecule has 1 aromatic carbocycles. The first kappa shape index (κ1) is 14.9. The standard InChI is InChI=1S/C17H18N2O2/c1-2-19(13-16-9-5-11-21-16)17(20)15-8-3-6-14(12-15)7-4-10-18/h3,5-6,8-9,11-12H,2,10,13,18H2,1H3. The van der Waals surface area contributed by atoms with Crippen LogP contribution in [-0.4, -0.2) is 23.9 Å². The Hall–Kier alpha value is -2.51. The van der Waals surface area contributed by atoms with Crippen molar-refractivity contribution in [3.8, 4) is 11.8 Å². The molecule has 1 heterocycles. The Morgan fingerprint density at radius 2 is 2.19 bits per heavy atom. The molecule has 0 atom stereocenters. The quantitative estimate of drug-likeness (QED) is 0.875. The maximum Gasteiger partial charge on any atom is 0.254 e. The minimum atomic E-state index is -0.0368. The molecule has 0 bridgehead atoms. The van der Waals surface area contributed by atoms with Gasteiger partial charge < -0.3 is 15.1 Å². The second kappa shape index (κ2) is 7.32. The van der Waals surface area contributed by atoms with Crippen molar-refractivity contribution in [2.75, 3.05) is 13.1 Å². The molecular formula is C17H18N2O2. The summed E-state index contributed by atoms with van der Waals surface area (Å²) in [4.78, 5) is 14.3. The van der Waals surface area contributed by atoms with Gasteiger partial charge in [0.1, 0.15) is 5.76 Å². The summed E-state index contributed by atoms with van der Waals surface area (Å²) in [7, 11) is 0. The van der Waals surface area contributed by atoms with Crippen LogP contribution in [0.15, 0.2) is 47.1 Å². The molecule has 0 fully saturated rings. The molecule has 1 amide bonds. The molecule has 0 aliphatic rings. The lowest BCUT2D eigenvalue weighted by molar-refractivity contribution is 0.0741. The summed E-state index contributed by atoms with van der Waals surface area (Å²) < 4.78 is 5.30. The first-order chi connectivity index (χ1) is 10.2. The molecule has 0 saturated heterocycles. The third kappa shape index (κ3) is 3.98. The summed E-state index contributed by atoms with van der Waals surface area (Å²) in [6.45, 7) is 3.32. The zero-order valence-electron chi connectivity index (χ0n) is 12.0. The first-order valence-electron chi connectivity index (χ1n) is 6.85. The van der Waals surface area contributed by atoms with Crippen LogP contribution in [0.5, 0.6) is 0 Å². The van der Waals surface area contributed by atoms with Crippen molar-refractivity contribution in [1.82, 2.24) is 4.90 Å². The molecule has 0 aliphatic carbocycles. The van der Waals surface area contributed by atoms with E-state index < -0.39 is 0 Å². The van der Waals surface area contributed by atoms with E-state index >= 15 is 0 Å². The van der Waals surface area contributed by atoms with Gasteiger partial charge in [0.25, 0.3) is 5.91 Å². The highest BCUT2D eigenvalue weighted by Gasteiger charge is 2.15. The summed E-state index contributed by atoms with van der Waals surface area (Å²) in [5.41, 5.74) is 6.77. The molecule has 2 N–H and O–H groups in total. The van der Waals surface area contributed by atoms with Crippen LogP contribution < -0.4 is 5.73 Å². The fourth-order valence-corrected chi connectivity index (χ4v) is 1.98. The molecule has 1 aromatic heterocycles. The molecule has 4 heteroatoms. The van der Waals surface area contributed by atoms with Gasteiger partial charge in [0, 0.05) is 17.7 Å². The summed E-state index contributed by atoms with van der Waals surface area (Å²) in [6.07, 6.45) is 1.61. The number of carbonyl (C=O) groups is 1. The van der Waals surface area contributed by atoms with Crippen molar-refractivity contribution < 1.29 is 9.21 Å². The smallest absolute Gasteiger partial charge is 0.254 e. The van der Waals surface area contributed by atoms with Crippen molar-refractivity contribution in [1.29, 1.82) is 0 Å². The van der Waals surface area contributed by atoms with Gasteiger partial charge in [-0.2, -0.15) is 0 Å². The number of nitrogens with zero attached hydrogens (tertiary/aromatic N) is 1.